The van der Waals surface area contributed by atoms with Gasteiger partial charge in [-0.3, -0.25) is 0 Å². The smallest absolute Gasteiger partial charge is 0.423 e. The fourth-order valence-corrected chi connectivity index (χ4v) is 3.00. The minimum absolute atomic E-state index is 0.520. The summed E-state index contributed by atoms with van der Waals surface area (Å²) in [4.78, 5) is 0. The lowest BCUT2D eigenvalue weighted by Crippen LogP contribution is -2.26. The molecule has 0 unspecified atom stereocenters. The molecule has 2 rings (SSSR count). The van der Waals surface area contributed by atoms with Gasteiger partial charge in [0.15, 0.2) is 0 Å². The topological polar surface area (TPSA) is 66.5 Å². The number of hydrogen-bond acceptors (Lipinski definition) is 4. The SMILES string of the molecule is Nc1cc(Br)c2cc(B(O)O)sc2c1. The molecule has 0 atom stereocenters. The molecule has 1 heterocycles. The normalized spacial score (nSPS) is 10.8. The van der Waals surface area contributed by atoms with Crippen LogP contribution in [0.5, 0.6) is 0 Å². The van der Waals surface area contributed by atoms with Gasteiger partial charge in [-0.2, -0.15) is 0 Å². The van der Waals surface area contributed by atoms with Crippen molar-refractivity contribution in [1.82, 2.24) is 0 Å². The summed E-state index contributed by atoms with van der Waals surface area (Å²) in [6.07, 6.45) is 0. The Labute approximate surface area is 93.4 Å². The van der Waals surface area contributed by atoms with Crippen molar-refractivity contribution < 1.29 is 10.0 Å². The van der Waals surface area contributed by atoms with Crippen molar-refractivity contribution in [1.29, 1.82) is 0 Å². The molecular formula is C8H7BBrNO2S. The average molecular weight is 272 g/mol. The average Bonchev–Trinajstić information content (AvgIpc) is 2.47. The minimum atomic E-state index is -1.42. The van der Waals surface area contributed by atoms with Crippen LogP contribution in [0.1, 0.15) is 0 Å². The van der Waals surface area contributed by atoms with E-state index in [2.05, 4.69) is 15.9 Å². The predicted molar refractivity (Wildman–Crippen MR) is 63.8 cm³/mol. The first kappa shape index (κ1) is 9.98. The number of benzene rings is 1. The number of nitrogens with two attached hydrogens (primary N) is 1. The number of rotatable bonds is 1. The van der Waals surface area contributed by atoms with Gasteiger partial charge in [-0.25, -0.2) is 0 Å². The molecule has 3 nitrogen and oxygen atoms in total. The van der Waals surface area contributed by atoms with Crippen molar-refractivity contribution in [2.24, 2.45) is 0 Å². The molecule has 0 saturated carbocycles. The molecule has 0 fully saturated rings. The molecular weight excluding hydrogens is 265 g/mol. The Morgan fingerprint density at radius 3 is 2.64 bits per heavy atom. The van der Waals surface area contributed by atoms with Gasteiger partial charge >= 0.3 is 7.12 Å². The van der Waals surface area contributed by atoms with E-state index in [1.165, 1.54) is 11.3 Å². The zero-order valence-corrected chi connectivity index (χ0v) is 9.47. The van der Waals surface area contributed by atoms with Gasteiger partial charge in [0.1, 0.15) is 0 Å². The highest BCUT2D eigenvalue weighted by Gasteiger charge is 2.15. The van der Waals surface area contributed by atoms with E-state index >= 15 is 0 Å². The van der Waals surface area contributed by atoms with E-state index in [-0.39, 0.29) is 0 Å². The number of hydrogen-bond donors (Lipinski definition) is 3. The highest BCUT2D eigenvalue weighted by Crippen LogP contribution is 2.29. The van der Waals surface area contributed by atoms with E-state index < -0.39 is 7.12 Å². The molecule has 0 spiro atoms. The van der Waals surface area contributed by atoms with Crippen LogP contribution in [0.3, 0.4) is 0 Å². The van der Waals surface area contributed by atoms with E-state index in [0.29, 0.717) is 10.5 Å². The molecule has 1 aromatic heterocycles. The van der Waals surface area contributed by atoms with Crippen molar-refractivity contribution in [3.05, 3.63) is 22.7 Å². The largest absolute Gasteiger partial charge is 0.499 e. The second-order valence-electron chi connectivity index (χ2n) is 2.94. The molecule has 0 aliphatic heterocycles. The Kier molecular flexibility index (Phi) is 2.53. The summed E-state index contributed by atoms with van der Waals surface area (Å²) in [5.74, 6) is 0. The second kappa shape index (κ2) is 3.54. The van der Waals surface area contributed by atoms with Crippen LogP contribution >= 0.6 is 27.3 Å². The van der Waals surface area contributed by atoms with E-state index in [1.54, 1.807) is 12.1 Å². The van der Waals surface area contributed by atoms with Gasteiger partial charge < -0.3 is 15.8 Å². The molecule has 1 aromatic carbocycles. The third-order valence-corrected chi connectivity index (χ3v) is 3.66. The van der Waals surface area contributed by atoms with E-state index in [4.69, 9.17) is 15.8 Å². The summed E-state index contributed by atoms with van der Waals surface area (Å²) in [5, 5.41) is 19.0. The molecule has 6 heteroatoms. The van der Waals surface area contributed by atoms with Gasteiger partial charge in [0.2, 0.25) is 0 Å². The molecule has 0 saturated heterocycles. The second-order valence-corrected chi connectivity index (χ2v) is 4.91. The Balaban J connectivity index is 2.70. The third-order valence-electron chi connectivity index (χ3n) is 1.88. The highest BCUT2D eigenvalue weighted by atomic mass is 79.9. The maximum absolute atomic E-state index is 9.00. The minimum Gasteiger partial charge on any atom is -0.423 e. The van der Waals surface area contributed by atoms with Crippen LogP contribution in [0.4, 0.5) is 5.69 Å². The summed E-state index contributed by atoms with van der Waals surface area (Å²) in [6.45, 7) is 0. The number of fused-ring (bicyclic) bond motifs is 1. The molecule has 0 bridgehead atoms. The van der Waals surface area contributed by atoms with Crippen LogP contribution in [0.15, 0.2) is 22.7 Å². The molecule has 0 aliphatic rings. The first-order valence-electron chi connectivity index (χ1n) is 3.92. The summed E-state index contributed by atoms with van der Waals surface area (Å²) >= 11 is 4.70. The Hall–Kier alpha value is -0.555. The van der Waals surface area contributed by atoms with Crippen LogP contribution in [0, 0.1) is 0 Å². The van der Waals surface area contributed by atoms with Crippen LogP contribution < -0.4 is 10.5 Å². The summed E-state index contributed by atoms with van der Waals surface area (Å²) in [7, 11) is -1.42. The quantitative estimate of drug-likeness (QED) is 0.534. The van der Waals surface area contributed by atoms with E-state index in [0.717, 1.165) is 14.6 Å². The van der Waals surface area contributed by atoms with Gasteiger partial charge in [-0.1, -0.05) is 15.9 Å². The number of thiophene rings is 1. The summed E-state index contributed by atoms with van der Waals surface area (Å²) in [6, 6.07) is 5.35. The fraction of sp³-hybridized carbons (Fsp3) is 0. The monoisotopic (exact) mass is 271 g/mol. The Morgan fingerprint density at radius 2 is 2.00 bits per heavy atom. The zero-order chi connectivity index (χ0) is 10.3. The first-order chi connectivity index (χ1) is 6.58. The van der Waals surface area contributed by atoms with Gasteiger partial charge in [0, 0.05) is 25.0 Å². The Bertz CT molecular complexity index is 485. The van der Waals surface area contributed by atoms with Crippen molar-refractivity contribution in [2.45, 2.75) is 0 Å². The van der Waals surface area contributed by atoms with Crippen LogP contribution in [0.25, 0.3) is 10.1 Å². The molecule has 0 radical (unpaired) electrons. The van der Waals surface area contributed by atoms with Crippen molar-refractivity contribution >= 4 is 54.9 Å². The van der Waals surface area contributed by atoms with Crippen molar-refractivity contribution in [2.75, 3.05) is 5.73 Å². The van der Waals surface area contributed by atoms with Crippen LogP contribution in [-0.2, 0) is 0 Å². The summed E-state index contributed by atoms with van der Waals surface area (Å²) in [5.41, 5.74) is 6.32. The van der Waals surface area contributed by atoms with Crippen LogP contribution in [-0.4, -0.2) is 17.2 Å². The Morgan fingerprint density at radius 1 is 1.29 bits per heavy atom. The molecule has 72 valence electrons. The third kappa shape index (κ3) is 1.66. The molecule has 4 N–H and O–H groups in total. The lowest BCUT2D eigenvalue weighted by atomic mass is 9.89. The van der Waals surface area contributed by atoms with Gasteiger partial charge in [-0.15, -0.1) is 11.3 Å². The maximum atomic E-state index is 9.00. The highest BCUT2D eigenvalue weighted by molar-refractivity contribution is 9.10. The van der Waals surface area contributed by atoms with Gasteiger partial charge in [-0.05, 0) is 18.2 Å². The van der Waals surface area contributed by atoms with Crippen molar-refractivity contribution in [3.63, 3.8) is 0 Å². The van der Waals surface area contributed by atoms with Crippen LogP contribution in [0.2, 0.25) is 0 Å². The van der Waals surface area contributed by atoms with E-state index in [9.17, 15) is 0 Å². The molecule has 0 amide bonds. The lowest BCUT2D eigenvalue weighted by Gasteiger charge is -1.95. The first-order valence-corrected chi connectivity index (χ1v) is 5.53. The summed E-state index contributed by atoms with van der Waals surface area (Å²) < 4.78 is 2.34. The molecule has 0 aliphatic carbocycles. The standard InChI is InChI=1S/C8H7BBrNO2S/c10-6-1-4(11)2-7-5(6)3-8(14-7)9(12)13/h1-3,12-13H,11H2. The maximum Gasteiger partial charge on any atom is 0.499 e. The number of nitrogen functional groups attached to an aromatic ring is 1. The zero-order valence-electron chi connectivity index (χ0n) is 7.07. The molecule has 14 heavy (non-hydrogen) atoms. The lowest BCUT2D eigenvalue weighted by molar-refractivity contribution is 0.427. The van der Waals surface area contributed by atoms with Gasteiger partial charge in [0.25, 0.3) is 0 Å². The van der Waals surface area contributed by atoms with Gasteiger partial charge in [0.05, 0.1) is 0 Å². The fourth-order valence-electron chi connectivity index (χ4n) is 1.26. The van der Waals surface area contributed by atoms with Crippen molar-refractivity contribution in [3.8, 4) is 0 Å². The number of anilines is 1. The number of halogens is 1. The molecule has 2 aromatic rings. The van der Waals surface area contributed by atoms with E-state index in [1.807, 2.05) is 6.07 Å². The predicted octanol–water partition coefficient (Wildman–Crippen LogP) is 0.926.